The zero-order chi connectivity index (χ0) is 19.0. The fourth-order valence-corrected chi connectivity index (χ4v) is 3.45. The molecule has 0 unspecified atom stereocenters. The van der Waals surface area contributed by atoms with Gasteiger partial charge in [0.2, 0.25) is 5.91 Å². The van der Waals surface area contributed by atoms with E-state index in [1.165, 1.54) is 28.7 Å². The average Bonchev–Trinajstić information content (AvgIpc) is 2.69. The number of benzene rings is 2. The number of hydrogen-bond acceptors (Lipinski definition) is 4. The molecule has 138 valence electrons. The Morgan fingerprint density at radius 1 is 1.11 bits per heavy atom. The maximum atomic E-state index is 12.8. The Kier molecular flexibility index (Phi) is 4.27. The summed E-state index contributed by atoms with van der Waals surface area (Å²) in [6.45, 7) is 0.794. The lowest BCUT2D eigenvalue weighted by Crippen LogP contribution is -2.47. The number of carboxylic acids is 1. The number of carbonyl (C=O) groups is 3. The van der Waals surface area contributed by atoms with Crippen molar-refractivity contribution >= 4 is 23.5 Å². The quantitative estimate of drug-likeness (QED) is 0.893. The van der Waals surface area contributed by atoms with Crippen molar-refractivity contribution in [1.82, 2.24) is 4.90 Å². The summed E-state index contributed by atoms with van der Waals surface area (Å²) < 4.78 is 5.37. The van der Waals surface area contributed by atoms with E-state index < -0.39 is 5.97 Å². The van der Waals surface area contributed by atoms with Gasteiger partial charge in [-0.2, -0.15) is 0 Å². The molecule has 2 aliphatic heterocycles. The van der Waals surface area contributed by atoms with Crippen molar-refractivity contribution in [1.29, 1.82) is 0 Å². The van der Waals surface area contributed by atoms with E-state index >= 15 is 0 Å². The lowest BCUT2D eigenvalue weighted by atomic mass is 10.00. The van der Waals surface area contributed by atoms with E-state index in [1.807, 2.05) is 18.2 Å². The number of aromatic carboxylic acids is 1. The first-order valence-electron chi connectivity index (χ1n) is 8.68. The minimum Gasteiger partial charge on any atom is -0.482 e. The van der Waals surface area contributed by atoms with Gasteiger partial charge in [-0.25, -0.2) is 4.79 Å². The van der Waals surface area contributed by atoms with Crippen LogP contribution in [0.1, 0.15) is 21.5 Å². The fraction of sp³-hybridized carbons (Fsp3) is 0.250. The van der Waals surface area contributed by atoms with Crippen molar-refractivity contribution in [2.75, 3.05) is 24.6 Å². The summed E-state index contributed by atoms with van der Waals surface area (Å²) in [6.07, 6.45) is 0.777. The number of hydrogen-bond donors (Lipinski definition) is 1. The predicted octanol–water partition coefficient (Wildman–Crippen LogP) is 1.70. The summed E-state index contributed by atoms with van der Waals surface area (Å²) in [7, 11) is 0. The summed E-state index contributed by atoms with van der Waals surface area (Å²) >= 11 is 0. The zero-order valence-electron chi connectivity index (χ0n) is 14.6. The van der Waals surface area contributed by atoms with Crippen LogP contribution in [0.5, 0.6) is 5.75 Å². The molecule has 0 atom stereocenters. The normalized spacial score (nSPS) is 15.6. The summed E-state index contributed by atoms with van der Waals surface area (Å²) in [6, 6.07) is 12.3. The van der Waals surface area contributed by atoms with Gasteiger partial charge >= 0.3 is 5.97 Å². The molecule has 2 heterocycles. The molecule has 0 aromatic heterocycles. The van der Waals surface area contributed by atoms with E-state index in [9.17, 15) is 19.5 Å². The van der Waals surface area contributed by atoms with Crippen LogP contribution in [0.25, 0.3) is 0 Å². The van der Waals surface area contributed by atoms with Crippen LogP contribution < -0.4 is 9.64 Å². The molecule has 0 spiro atoms. The number of anilines is 1. The summed E-state index contributed by atoms with van der Waals surface area (Å²) in [5, 5.41) is 9.20. The Labute approximate surface area is 155 Å². The van der Waals surface area contributed by atoms with Crippen LogP contribution in [-0.4, -0.2) is 47.5 Å². The molecular formula is C20H18N2O5. The third-order valence-electron chi connectivity index (χ3n) is 4.93. The molecule has 0 saturated carbocycles. The Morgan fingerprint density at radius 2 is 1.89 bits per heavy atom. The van der Waals surface area contributed by atoms with Gasteiger partial charge in [0.25, 0.3) is 5.91 Å². The van der Waals surface area contributed by atoms with Gasteiger partial charge in [0.05, 0.1) is 11.3 Å². The third kappa shape index (κ3) is 3.23. The number of nitrogens with zero attached hydrogens (tertiary/aromatic N) is 2. The average molecular weight is 366 g/mol. The van der Waals surface area contributed by atoms with Crippen molar-refractivity contribution < 1.29 is 24.2 Å². The van der Waals surface area contributed by atoms with Gasteiger partial charge in [0.15, 0.2) is 6.61 Å². The summed E-state index contributed by atoms with van der Waals surface area (Å²) in [5.74, 6) is -1.24. The molecule has 7 nitrogen and oxygen atoms in total. The molecule has 1 N–H and O–H groups in total. The Bertz CT molecular complexity index is 940. The number of fused-ring (bicyclic) bond motifs is 2. The van der Waals surface area contributed by atoms with Crippen LogP contribution in [-0.2, 0) is 22.6 Å². The van der Waals surface area contributed by atoms with Gasteiger partial charge in [0.1, 0.15) is 12.3 Å². The first-order chi connectivity index (χ1) is 13.0. The number of amides is 2. The van der Waals surface area contributed by atoms with E-state index in [4.69, 9.17) is 4.74 Å². The molecule has 0 saturated heterocycles. The van der Waals surface area contributed by atoms with Crippen molar-refractivity contribution in [3.05, 3.63) is 59.2 Å². The molecule has 7 heteroatoms. The lowest BCUT2D eigenvalue weighted by molar-refractivity contribution is -0.132. The number of carboxylic acid groups (broad SMARTS) is 1. The first kappa shape index (κ1) is 17.1. The third-order valence-corrected chi connectivity index (χ3v) is 4.93. The smallest absolute Gasteiger partial charge is 0.335 e. The summed E-state index contributed by atoms with van der Waals surface area (Å²) in [5.41, 5.74) is 2.70. The molecule has 2 aliphatic rings. The maximum absolute atomic E-state index is 12.8. The monoisotopic (exact) mass is 366 g/mol. The van der Waals surface area contributed by atoms with Crippen molar-refractivity contribution in [2.45, 2.75) is 13.0 Å². The first-order valence-corrected chi connectivity index (χ1v) is 8.68. The molecule has 2 aromatic rings. The van der Waals surface area contributed by atoms with Crippen LogP contribution in [0.15, 0.2) is 42.5 Å². The number of ether oxygens (including phenoxy) is 1. The van der Waals surface area contributed by atoms with Crippen molar-refractivity contribution in [3.63, 3.8) is 0 Å². The van der Waals surface area contributed by atoms with Gasteiger partial charge < -0.3 is 14.7 Å². The minimum absolute atomic E-state index is 0.0383. The van der Waals surface area contributed by atoms with Crippen molar-refractivity contribution in [2.24, 2.45) is 0 Å². The van der Waals surface area contributed by atoms with Gasteiger partial charge in [0, 0.05) is 13.1 Å². The zero-order valence-corrected chi connectivity index (χ0v) is 14.6. The van der Waals surface area contributed by atoms with Crippen LogP contribution in [0.2, 0.25) is 0 Å². The second-order valence-electron chi connectivity index (χ2n) is 6.59. The predicted molar refractivity (Wildman–Crippen MR) is 96.8 cm³/mol. The van der Waals surface area contributed by atoms with Gasteiger partial charge in [-0.3, -0.25) is 14.5 Å². The molecule has 2 amide bonds. The second kappa shape index (κ2) is 6.75. The fourth-order valence-electron chi connectivity index (χ4n) is 3.45. The van der Waals surface area contributed by atoms with Gasteiger partial charge in [-0.1, -0.05) is 24.3 Å². The molecule has 4 rings (SSSR count). The minimum atomic E-state index is -1.10. The summed E-state index contributed by atoms with van der Waals surface area (Å²) in [4.78, 5) is 39.4. The molecule has 0 radical (unpaired) electrons. The van der Waals surface area contributed by atoms with E-state index in [0.29, 0.717) is 24.5 Å². The highest BCUT2D eigenvalue weighted by Gasteiger charge is 2.30. The maximum Gasteiger partial charge on any atom is 0.335 e. The Hall–Kier alpha value is -3.35. The molecule has 0 aliphatic carbocycles. The molecule has 2 aromatic carbocycles. The highest BCUT2D eigenvalue weighted by molar-refractivity contribution is 6.03. The SMILES string of the molecule is O=C(O)c1ccc2c(c1)N(CC(=O)N1CCc3ccccc3C1)C(=O)CO2. The van der Waals surface area contributed by atoms with Crippen molar-refractivity contribution in [3.8, 4) is 5.75 Å². The highest BCUT2D eigenvalue weighted by atomic mass is 16.5. The van der Waals surface area contributed by atoms with E-state index in [0.717, 1.165) is 12.0 Å². The van der Waals surface area contributed by atoms with Crippen LogP contribution >= 0.6 is 0 Å². The second-order valence-corrected chi connectivity index (χ2v) is 6.59. The largest absolute Gasteiger partial charge is 0.482 e. The van der Waals surface area contributed by atoms with Crippen LogP contribution in [0.3, 0.4) is 0 Å². The Balaban J connectivity index is 1.56. The number of rotatable bonds is 3. The number of carbonyl (C=O) groups excluding carboxylic acids is 2. The van der Waals surface area contributed by atoms with E-state index in [1.54, 1.807) is 4.90 Å². The molecule has 27 heavy (non-hydrogen) atoms. The van der Waals surface area contributed by atoms with Crippen LogP contribution in [0, 0.1) is 0 Å². The van der Waals surface area contributed by atoms with Gasteiger partial charge in [-0.05, 0) is 35.7 Å². The topological polar surface area (TPSA) is 87.2 Å². The molecule has 0 bridgehead atoms. The lowest BCUT2D eigenvalue weighted by Gasteiger charge is -2.33. The van der Waals surface area contributed by atoms with E-state index in [2.05, 4.69) is 6.07 Å². The molecular weight excluding hydrogens is 348 g/mol. The highest BCUT2D eigenvalue weighted by Crippen LogP contribution is 2.33. The van der Waals surface area contributed by atoms with Gasteiger partial charge in [-0.15, -0.1) is 0 Å². The molecule has 0 fully saturated rings. The van der Waals surface area contributed by atoms with Crippen LogP contribution in [0.4, 0.5) is 5.69 Å². The standard InChI is InChI=1S/C20H18N2O5/c23-18(21-8-7-13-3-1-2-4-15(13)10-21)11-22-16-9-14(20(25)26)5-6-17(16)27-12-19(22)24/h1-6,9H,7-8,10-12H2,(H,25,26). The van der Waals surface area contributed by atoms with E-state index in [-0.39, 0.29) is 30.5 Å². The Morgan fingerprint density at radius 3 is 2.67 bits per heavy atom.